The van der Waals surface area contributed by atoms with Crippen LogP contribution in [0.4, 0.5) is 0 Å². The fourth-order valence-corrected chi connectivity index (χ4v) is 1.75. The van der Waals surface area contributed by atoms with Crippen molar-refractivity contribution in [3.05, 3.63) is 70.7 Å². The monoisotopic (exact) mass is 253 g/mol. The highest BCUT2D eigenvalue weighted by atomic mass is 35.5. The zero-order valence-corrected chi connectivity index (χ0v) is 10.2. The normalized spacial score (nSPS) is 11.6. The Bertz CT molecular complexity index is 443. The van der Waals surface area contributed by atoms with Crippen LogP contribution in [-0.2, 0) is 0 Å². The summed E-state index contributed by atoms with van der Waals surface area (Å²) in [5.74, 6) is 0. The third kappa shape index (κ3) is 2.99. The smallest absolute Gasteiger partial charge is 0.0552 e. The molecule has 3 heteroatoms. The van der Waals surface area contributed by atoms with Gasteiger partial charge in [-0.1, -0.05) is 54.1 Å². The number of halogens is 2. The van der Waals surface area contributed by atoms with Crippen molar-refractivity contribution < 1.29 is 0 Å². The third-order valence-electron chi connectivity index (χ3n) is 2.37. The SMILES string of the molecule is Cl.NC(c1ccccc1)c1cccc(Cl)c1. The molecule has 1 nitrogen and oxygen atoms in total. The second-order valence-electron chi connectivity index (χ2n) is 3.44. The molecule has 2 rings (SSSR count). The Labute approximate surface area is 107 Å². The van der Waals surface area contributed by atoms with Crippen LogP contribution in [0.5, 0.6) is 0 Å². The molecule has 0 spiro atoms. The minimum absolute atomic E-state index is 0. The van der Waals surface area contributed by atoms with Gasteiger partial charge < -0.3 is 5.73 Å². The first kappa shape index (κ1) is 13.0. The molecule has 0 aliphatic carbocycles. The van der Waals surface area contributed by atoms with Gasteiger partial charge in [0.25, 0.3) is 0 Å². The lowest BCUT2D eigenvalue weighted by molar-refractivity contribution is 0.872. The van der Waals surface area contributed by atoms with Gasteiger partial charge in [-0.25, -0.2) is 0 Å². The molecule has 0 fully saturated rings. The Balaban J connectivity index is 0.00000128. The average Bonchev–Trinajstić information content (AvgIpc) is 2.29. The molecule has 0 bridgehead atoms. The first-order valence-corrected chi connectivity index (χ1v) is 5.21. The number of hydrogen-bond donors (Lipinski definition) is 1. The number of nitrogens with two attached hydrogens (primary N) is 1. The molecule has 0 radical (unpaired) electrons. The summed E-state index contributed by atoms with van der Waals surface area (Å²) in [7, 11) is 0. The van der Waals surface area contributed by atoms with Gasteiger partial charge in [-0.2, -0.15) is 0 Å². The molecule has 1 unspecified atom stereocenters. The maximum absolute atomic E-state index is 6.13. The molecule has 84 valence electrons. The molecular weight excluding hydrogens is 241 g/mol. The van der Waals surface area contributed by atoms with Gasteiger partial charge in [0.2, 0.25) is 0 Å². The summed E-state index contributed by atoms with van der Waals surface area (Å²) in [5, 5.41) is 0.721. The van der Waals surface area contributed by atoms with Crippen molar-refractivity contribution >= 4 is 24.0 Å². The van der Waals surface area contributed by atoms with Crippen LogP contribution in [0, 0.1) is 0 Å². The number of hydrogen-bond acceptors (Lipinski definition) is 1. The fourth-order valence-electron chi connectivity index (χ4n) is 1.55. The van der Waals surface area contributed by atoms with E-state index in [1.807, 2.05) is 54.6 Å². The first-order chi connectivity index (χ1) is 7.27. The summed E-state index contributed by atoms with van der Waals surface area (Å²) in [6.07, 6.45) is 0. The molecule has 2 aromatic rings. The first-order valence-electron chi connectivity index (χ1n) is 4.83. The zero-order valence-electron chi connectivity index (χ0n) is 8.64. The van der Waals surface area contributed by atoms with Gasteiger partial charge in [-0.15, -0.1) is 12.4 Å². The van der Waals surface area contributed by atoms with E-state index >= 15 is 0 Å². The molecule has 1 atom stereocenters. The van der Waals surface area contributed by atoms with Crippen molar-refractivity contribution in [2.45, 2.75) is 6.04 Å². The Morgan fingerprint density at radius 2 is 1.50 bits per heavy atom. The Kier molecular flexibility index (Phi) is 4.81. The van der Waals surface area contributed by atoms with E-state index in [1.54, 1.807) is 0 Å². The van der Waals surface area contributed by atoms with E-state index in [4.69, 9.17) is 17.3 Å². The minimum atomic E-state index is -0.107. The highest BCUT2D eigenvalue weighted by Crippen LogP contribution is 2.21. The van der Waals surface area contributed by atoms with Crippen molar-refractivity contribution in [3.8, 4) is 0 Å². The topological polar surface area (TPSA) is 26.0 Å². The molecular formula is C13H13Cl2N. The lowest BCUT2D eigenvalue weighted by Crippen LogP contribution is -2.11. The summed E-state index contributed by atoms with van der Waals surface area (Å²) in [6, 6.07) is 17.5. The highest BCUT2D eigenvalue weighted by Gasteiger charge is 2.07. The standard InChI is InChI=1S/C13H12ClN.ClH/c14-12-8-4-7-11(9-12)13(15)10-5-2-1-3-6-10;/h1-9,13H,15H2;1H. The molecule has 0 amide bonds. The van der Waals surface area contributed by atoms with E-state index in [2.05, 4.69) is 0 Å². The summed E-state index contributed by atoms with van der Waals surface area (Å²) in [4.78, 5) is 0. The third-order valence-corrected chi connectivity index (χ3v) is 2.60. The van der Waals surface area contributed by atoms with E-state index < -0.39 is 0 Å². The van der Waals surface area contributed by atoms with Crippen LogP contribution in [-0.4, -0.2) is 0 Å². The van der Waals surface area contributed by atoms with Gasteiger partial charge in [0, 0.05) is 5.02 Å². The van der Waals surface area contributed by atoms with E-state index in [0.29, 0.717) is 0 Å². The van der Waals surface area contributed by atoms with Crippen LogP contribution >= 0.6 is 24.0 Å². The Morgan fingerprint density at radius 1 is 0.875 bits per heavy atom. The van der Waals surface area contributed by atoms with Gasteiger partial charge in [0.05, 0.1) is 6.04 Å². The molecule has 0 saturated heterocycles. The van der Waals surface area contributed by atoms with Gasteiger partial charge in [-0.05, 0) is 23.3 Å². The molecule has 16 heavy (non-hydrogen) atoms. The summed E-state index contributed by atoms with van der Waals surface area (Å²) in [5.41, 5.74) is 8.26. The zero-order chi connectivity index (χ0) is 10.7. The summed E-state index contributed by atoms with van der Waals surface area (Å²) >= 11 is 5.92. The fraction of sp³-hybridized carbons (Fsp3) is 0.0769. The Morgan fingerprint density at radius 3 is 2.12 bits per heavy atom. The van der Waals surface area contributed by atoms with Crippen LogP contribution in [0.15, 0.2) is 54.6 Å². The van der Waals surface area contributed by atoms with Crippen molar-refractivity contribution in [1.29, 1.82) is 0 Å². The lowest BCUT2D eigenvalue weighted by atomic mass is 10.00. The van der Waals surface area contributed by atoms with Gasteiger partial charge >= 0.3 is 0 Å². The van der Waals surface area contributed by atoms with Crippen LogP contribution < -0.4 is 5.73 Å². The van der Waals surface area contributed by atoms with Crippen molar-refractivity contribution in [1.82, 2.24) is 0 Å². The van der Waals surface area contributed by atoms with Crippen LogP contribution in [0.3, 0.4) is 0 Å². The molecule has 0 saturated carbocycles. The second kappa shape index (κ2) is 5.90. The van der Waals surface area contributed by atoms with E-state index in [9.17, 15) is 0 Å². The molecule has 2 N–H and O–H groups in total. The number of rotatable bonds is 2. The highest BCUT2D eigenvalue weighted by molar-refractivity contribution is 6.30. The minimum Gasteiger partial charge on any atom is -0.320 e. The number of benzene rings is 2. The predicted molar refractivity (Wildman–Crippen MR) is 71.2 cm³/mol. The van der Waals surface area contributed by atoms with E-state index in [0.717, 1.165) is 16.1 Å². The second-order valence-corrected chi connectivity index (χ2v) is 3.88. The molecule has 0 aliphatic rings. The summed E-state index contributed by atoms with van der Waals surface area (Å²) < 4.78 is 0. The van der Waals surface area contributed by atoms with Crippen molar-refractivity contribution in [2.75, 3.05) is 0 Å². The van der Waals surface area contributed by atoms with Gasteiger partial charge in [0.15, 0.2) is 0 Å². The molecule has 2 aromatic carbocycles. The molecule has 0 aromatic heterocycles. The maximum atomic E-state index is 6.13. The summed E-state index contributed by atoms with van der Waals surface area (Å²) in [6.45, 7) is 0. The quantitative estimate of drug-likeness (QED) is 0.866. The van der Waals surface area contributed by atoms with E-state index in [-0.39, 0.29) is 18.4 Å². The van der Waals surface area contributed by atoms with Crippen LogP contribution in [0.25, 0.3) is 0 Å². The predicted octanol–water partition coefficient (Wildman–Crippen LogP) is 3.81. The largest absolute Gasteiger partial charge is 0.320 e. The molecule has 0 aliphatic heterocycles. The van der Waals surface area contributed by atoms with Crippen molar-refractivity contribution in [3.63, 3.8) is 0 Å². The van der Waals surface area contributed by atoms with Crippen molar-refractivity contribution in [2.24, 2.45) is 5.73 Å². The Hall–Kier alpha value is -1.02. The maximum Gasteiger partial charge on any atom is 0.0552 e. The van der Waals surface area contributed by atoms with Gasteiger partial charge in [0.1, 0.15) is 0 Å². The van der Waals surface area contributed by atoms with Gasteiger partial charge in [-0.3, -0.25) is 0 Å². The average molecular weight is 254 g/mol. The van der Waals surface area contributed by atoms with Crippen LogP contribution in [0.1, 0.15) is 17.2 Å². The molecule has 0 heterocycles. The van der Waals surface area contributed by atoms with E-state index in [1.165, 1.54) is 0 Å². The lowest BCUT2D eigenvalue weighted by Gasteiger charge is -2.12. The van der Waals surface area contributed by atoms with Crippen LogP contribution in [0.2, 0.25) is 5.02 Å².